The van der Waals surface area contributed by atoms with Gasteiger partial charge in [0, 0.05) is 19.2 Å². The Hall–Kier alpha value is -3.11. The van der Waals surface area contributed by atoms with E-state index in [1.165, 1.54) is 12.3 Å². The second kappa shape index (κ2) is 8.93. The molecule has 11 heteroatoms. The zero-order chi connectivity index (χ0) is 21.0. The van der Waals surface area contributed by atoms with Gasteiger partial charge in [0.15, 0.2) is 5.69 Å². The van der Waals surface area contributed by atoms with Gasteiger partial charge in [-0.2, -0.15) is 4.39 Å². The van der Waals surface area contributed by atoms with Crippen LogP contribution in [0.4, 0.5) is 14.5 Å². The summed E-state index contributed by atoms with van der Waals surface area (Å²) >= 11 is 0. The molecule has 0 bridgehead atoms. The predicted octanol–water partition coefficient (Wildman–Crippen LogP) is 1.83. The molecule has 1 amide bonds. The molecule has 3 rings (SSSR count). The number of alkyl halides is 1. The molecule has 2 aromatic rings. The normalized spacial score (nSPS) is 15.0. The lowest BCUT2D eigenvalue weighted by molar-refractivity contribution is -0.117. The van der Waals surface area contributed by atoms with Crippen LogP contribution in [0.1, 0.15) is 42.6 Å². The number of aromatic carboxylic acids is 1. The summed E-state index contributed by atoms with van der Waals surface area (Å²) < 4.78 is 30.5. The first-order chi connectivity index (χ1) is 13.8. The van der Waals surface area contributed by atoms with Crippen LogP contribution in [0.5, 0.6) is 0 Å². The van der Waals surface area contributed by atoms with Crippen LogP contribution in [0.3, 0.4) is 0 Å². The van der Waals surface area contributed by atoms with Gasteiger partial charge in [0.05, 0.1) is 18.4 Å². The molecule has 9 nitrogen and oxygen atoms in total. The lowest BCUT2D eigenvalue weighted by Crippen LogP contribution is -2.27. The number of carboxylic acid groups (broad SMARTS) is 1. The number of carbonyl (C=O) groups excluding carboxylic acids is 1. The van der Waals surface area contributed by atoms with Crippen molar-refractivity contribution in [2.45, 2.75) is 51.4 Å². The van der Waals surface area contributed by atoms with Crippen LogP contribution in [-0.4, -0.2) is 42.7 Å². The summed E-state index contributed by atoms with van der Waals surface area (Å²) in [5.74, 6) is -2.37. The average Bonchev–Trinajstić information content (AvgIpc) is 3.10. The summed E-state index contributed by atoms with van der Waals surface area (Å²) in [6.45, 7) is -0.333. The second-order valence-electron chi connectivity index (χ2n) is 7.11. The number of nitrogens with one attached hydrogen (secondary N) is 1. The van der Waals surface area contributed by atoms with Crippen molar-refractivity contribution in [3.63, 3.8) is 0 Å². The summed E-state index contributed by atoms with van der Waals surface area (Å²) in [4.78, 5) is 34.8. The van der Waals surface area contributed by atoms with Crippen LogP contribution < -0.4 is 10.9 Å². The number of halogens is 2. The van der Waals surface area contributed by atoms with Gasteiger partial charge < -0.3 is 15.0 Å². The van der Waals surface area contributed by atoms with Crippen LogP contribution in [-0.2, 0) is 17.9 Å². The van der Waals surface area contributed by atoms with Gasteiger partial charge in [0.2, 0.25) is 11.7 Å². The molecule has 1 aliphatic carbocycles. The van der Waals surface area contributed by atoms with Crippen LogP contribution in [0.15, 0.2) is 23.3 Å². The number of aryl methyl sites for hydroxylation is 1. The number of rotatable bonds is 9. The van der Waals surface area contributed by atoms with Gasteiger partial charge in [0.1, 0.15) is 6.17 Å². The summed E-state index contributed by atoms with van der Waals surface area (Å²) in [5.41, 5.74) is -1.44. The number of anilines is 1. The van der Waals surface area contributed by atoms with Crippen molar-refractivity contribution in [2.24, 2.45) is 5.92 Å². The quantitative estimate of drug-likeness (QED) is 0.652. The fraction of sp³-hybridized carbons (Fsp3) is 0.500. The van der Waals surface area contributed by atoms with E-state index < -0.39 is 23.5 Å². The molecule has 0 aromatic carbocycles. The van der Waals surface area contributed by atoms with E-state index in [0.717, 1.165) is 34.7 Å². The van der Waals surface area contributed by atoms with E-state index in [4.69, 9.17) is 5.11 Å². The van der Waals surface area contributed by atoms with Crippen molar-refractivity contribution in [3.05, 3.63) is 40.3 Å². The minimum Gasteiger partial charge on any atom is -0.476 e. The highest BCUT2D eigenvalue weighted by Crippen LogP contribution is 2.29. The molecule has 1 saturated carbocycles. The highest BCUT2D eigenvalue weighted by atomic mass is 19.1. The average molecular weight is 409 g/mol. The molecule has 2 N–H and O–H groups in total. The third-order valence-corrected chi connectivity index (χ3v) is 4.91. The van der Waals surface area contributed by atoms with Crippen LogP contribution in [0, 0.1) is 11.7 Å². The Balaban J connectivity index is 1.54. The van der Waals surface area contributed by atoms with Crippen molar-refractivity contribution in [3.8, 4) is 0 Å². The number of pyridine rings is 1. The Labute approximate surface area is 164 Å². The lowest BCUT2D eigenvalue weighted by atomic mass is 9.83. The second-order valence-corrected chi connectivity index (χ2v) is 7.11. The SMILES string of the molecule is O=C(CC1CCC1)Nc1ccn(CCC(F)Cn2cc(C(=O)O)nn2)c(=O)c1F. The van der Waals surface area contributed by atoms with E-state index in [1.54, 1.807) is 0 Å². The Morgan fingerprint density at radius 3 is 2.76 bits per heavy atom. The molecule has 1 aliphatic rings. The molecular formula is C18H21F2N5O4. The molecule has 156 valence electrons. The number of nitrogens with zero attached hydrogens (tertiary/aromatic N) is 4. The monoisotopic (exact) mass is 409 g/mol. The first kappa shape index (κ1) is 20.6. The highest BCUT2D eigenvalue weighted by molar-refractivity contribution is 5.90. The maximum Gasteiger partial charge on any atom is 0.358 e. The minimum atomic E-state index is -1.45. The Morgan fingerprint density at radius 1 is 1.38 bits per heavy atom. The predicted molar refractivity (Wildman–Crippen MR) is 97.7 cm³/mol. The number of carbonyl (C=O) groups is 2. The van der Waals surface area contributed by atoms with Crippen molar-refractivity contribution in [1.29, 1.82) is 0 Å². The zero-order valence-corrected chi connectivity index (χ0v) is 15.6. The van der Waals surface area contributed by atoms with E-state index in [2.05, 4.69) is 15.6 Å². The molecule has 2 heterocycles. The van der Waals surface area contributed by atoms with Crippen molar-refractivity contribution in [2.75, 3.05) is 5.32 Å². The van der Waals surface area contributed by atoms with E-state index in [1.807, 2.05) is 0 Å². The van der Waals surface area contributed by atoms with Gasteiger partial charge in [-0.25, -0.2) is 13.9 Å². The van der Waals surface area contributed by atoms with Crippen LogP contribution in [0.25, 0.3) is 0 Å². The van der Waals surface area contributed by atoms with Crippen molar-refractivity contribution in [1.82, 2.24) is 19.6 Å². The van der Waals surface area contributed by atoms with E-state index in [9.17, 15) is 23.2 Å². The van der Waals surface area contributed by atoms with Gasteiger partial charge in [0.25, 0.3) is 5.56 Å². The minimum absolute atomic E-state index is 0.0896. The summed E-state index contributed by atoms with van der Waals surface area (Å²) in [6, 6.07) is 1.28. The highest BCUT2D eigenvalue weighted by Gasteiger charge is 2.22. The van der Waals surface area contributed by atoms with Crippen molar-refractivity contribution >= 4 is 17.6 Å². The van der Waals surface area contributed by atoms with Gasteiger partial charge in [-0.3, -0.25) is 9.59 Å². The number of hydrogen-bond donors (Lipinski definition) is 2. The van der Waals surface area contributed by atoms with E-state index in [-0.39, 0.29) is 36.8 Å². The molecule has 1 unspecified atom stereocenters. The molecular weight excluding hydrogens is 388 g/mol. The van der Waals surface area contributed by atoms with E-state index >= 15 is 0 Å². The van der Waals surface area contributed by atoms with Crippen LogP contribution in [0.2, 0.25) is 0 Å². The Kier molecular flexibility index (Phi) is 6.35. The summed E-state index contributed by atoms with van der Waals surface area (Å²) in [5, 5.41) is 18.1. The Morgan fingerprint density at radius 2 is 2.14 bits per heavy atom. The first-order valence-corrected chi connectivity index (χ1v) is 9.29. The number of carboxylic acids is 1. The lowest BCUT2D eigenvalue weighted by Gasteiger charge is -2.24. The maximum absolute atomic E-state index is 14.3. The fourth-order valence-corrected chi connectivity index (χ4v) is 3.04. The topological polar surface area (TPSA) is 119 Å². The Bertz CT molecular complexity index is 954. The van der Waals surface area contributed by atoms with Gasteiger partial charge in [-0.1, -0.05) is 11.6 Å². The molecule has 0 saturated heterocycles. The molecule has 1 atom stereocenters. The first-order valence-electron chi connectivity index (χ1n) is 9.29. The standard InChI is InChI=1S/C18H21F2N5O4/c19-12(9-25-10-14(18(28)29)22-23-25)4-6-24-7-5-13(16(20)17(24)27)21-15(26)8-11-2-1-3-11/h5,7,10-12H,1-4,6,8-9H2,(H,21,26)(H,28,29). The molecule has 0 radical (unpaired) electrons. The van der Waals surface area contributed by atoms with Gasteiger partial charge in [-0.05, 0) is 31.2 Å². The molecule has 0 aliphatic heterocycles. The largest absolute Gasteiger partial charge is 0.476 e. The van der Waals surface area contributed by atoms with Crippen LogP contribution >= 0.6 is 0 Å². The number of aromatic nitrogens is 4. The third kappa shape index (κ3) is 5.24. The molecule has 29 heavy (non-hydrogen) atoms. The number of amides is 1. The van der Waals surface area contributed by atoms with Gasteiger partial charge >= 0.3 is 5.97 Å². The fourth-order valence-electron chi connectivity index (χ4n) is 3.04. The van der Waals surface area contributed by atoms with Crippen molar-refractivity contribution < 1.29 is 23.5 Å². The third-order valence-electron chi connectivity index (χ3n) is 4.91. The molecule has 1 fully saturated rings. The van der Waals surface area contributed by atoms with E-state index in [0.29, 0.717) is 12.3 Å². The molecule has 0 spiro atoms. The maximum atomic E-state index is 14.3. The van der Waals surface area contributed by atoms with Gasteiger partial charge in [-0.15, -0.1) is 5.10 Å². The summed E-state index contributed by atoms with van der Waals surface area (Å²) in [6.07, 6.45) is 4.19. The smallest absolute Gasteiger partial charge is 0.358 e. The zero-order valence-electron chi connectivity index (χ0n) is 15.6. The summed E-state index contributed by atoms with van der Waals surface area (Å²) in [7, 11) is 0. The number of hydrogen-bond acceptors (Lipinski definition) is 5. The molecule has 2 aromatic heterocycles.